The molecule has 0 unspecified atom stereocenters. The highest BCUT2D eigenvalue weighted by molar-refractivity contribution is 7.26. The summed E-state index contributed by atoms with van der Waals surface area (Å²) in [5, 5.41) is 5.21. The summed E-state index contributed by atoms with van der Waals surface area (Å²) in [5.74, 6) is 0.702. The summed E-state index contributed by atoms with van der Waals surface area (Å²) in [5.41, 5.74) is 11.9. The minimum absolute atomic E-state index is 0.702. The molecule has 0 radical (unpaired) electrons. The van der Waals surface area contributed by atoms with Gasteiger partial charge >= 0.3 is 0 Å². The molecule has 0 spiro atoms. The van der Waals surface area contributed by atoms with Crippen LogP contribution < -0.4 is 0 Å². The number of hydrogen-bond donors (Lipinski definition) is 0. The van der Waals surface area contributed by atoms with Crippen molar-refractivity contribution in [1.29, 1.82) is 0 Å². The first-order valence-electron chi connectivity index (χ1n) is 18.8. The lowest BCUT2D eigenvalue weighted by Gasteiger charge is -2.14. The Hall–Kier alpha value is -6.72. The standard InChI is InChI=1S/C52H32N2S2/c1-3-13-33(14-4-1)38-28-39(41-21-12-22-45-43-20-8-10-24-49(43)56-51(41)45)30-40(29-38)47-32-46(53-52(54-47)34-15-5-2-6-16-34)37-18-11-17-35(27-37)36-25-26-44-42-19-7-9-23-48(42)55-50(44)31-36/h1-32H. The first-order chi connectivity index (χ1) is 27.7. The molecule has 4 heteroatoms. The van der Waals surface area contributed by atoms with E-state index in [0.29, 0.717) is 5.82 Å². The molecule has 11 aromatic rings. The smallest absolute Gasteiger partial charge is 0.160 e. The summed E-state index contributed by atoms with van der Waals surface area (Å²) >= 11 is 3.71. The van der Waals surface area contributed by atoms with Gasteiger partial charge in [0.1, 0.15) is 0 Å². The highest BCUT2D eigenvalue weighted by Gasteiger charge is 2.17. The quantitative estimate of drug-likeness (QED) is 0.169. The zero-order valence-electron chi connectivity index (χ0n) is 30.2. The van der Waals surface area contributed by atoms with Crippen molar-refractivity contribution in [3.8, 4) is 67.3 Å². The molecule has 3 heterocycles. The Morgan fingerprint density at radius 3 is 1.62 bits per heavy atom. The Morgan fingerprint density at radius 2 is 0.821 bits per heavy atom. The van der Waals surface area contributed by atoms with Gasteiger partial charge in [-0.05, 0) is 81.9 Å². The molecule has 262 valence electrons. The van der Waals surface area contributed by atoms with Crippen molar-refractivity contribution in [2.45, 2.75) is 0 Å². The van der Waals surface area contributed by atoms with Gasteiger partial charge in [-0.15, -0.1) is 22.7 Å². The molecule has 0 bridgehead atoms. The molecule has 0 N–H and O–H groups in total. The molecule has 3 aromatic heterocycles. The van der Waals surface area contributed by atoms with Crippen LogP contribution in [0.25, 0.3) is 108 Å². The molecular formula is C52H32N2S2. The van der Waals surface area contributed by atoms with Gasteiger partial charge in [0.05, 0.1) is 11.4 Å². The molecule has 56 heavy (non-hydrogen) atoms. The molecule has 0 saturated heterocycles. The second-order valence-electron chi connectivity index (χ2n) is 14.2. The van der Waals surface area contributed by atoms with Gasteiger partial charge in [-0.2, -0.15) is 0 Å². The third-order valence-corrected chi connectivity index (χ3v) is 13.0. The summed E-state index contributed by atoms with van der Waals surface area (Å²) in [6, 6.07) is 69.7. The fourth-order valence-electron chi connectivity index (χ4n) is 7.93. The lowest BCUT2D eigenvalue weighted by molar-refractivity contribution is 1.18. The van der Waals surface area contributed by atoms with Gasteiger partial charge in [0.2, 0.25) is 0 Å². The molecule has 8 aromatic carbocycles. The number of aromatic nitrogens is 2. The third kappa shape index (κ3) is 5.79. The summed E-state index contributed by atoms with van der Waals surface area (Å²) in [7, 11) is 0. The minimum Gasteiger partial charge on any atom is -0.228 e. The Labute approximate surface area is 332 Å². The molecule has 0 aliphatic carbocycles. The molecule has 0 aliphatic rings. The van der Waals surface area contributed by atoms with Crippen molar-refractivity contribution in [2.75, 3.05) is 0 Å². The third-order valence-electron chi connectivity index (χ3n) is 10.7. The van der Waals surface area contributed by atoms with Crippen molar-refractivity contribution in [3.63, 3.8) is 0 Å². The maximum Gasteiger partial charge on any atom is 0.160 e. The van der Waals surface area contributed by atoms with Crippen molar-refractivity contribution in [1.82, 2.24) is 9.97 Å². The van der Waals surface area contributed by atoms with E-state index in [0.717, 1.165) is 39.2 Å². The Kier molecular flexibility index (Phi) is 7.90. The monoisotopic (exact) mass is 748 g/mol. The van der Waals surface area contributed by atoms with Gasteiger partial charge in [-0.25, -0.2) is 9.97 Å². The van der Waals surface area contributed by atoms with Crippen molar-refractivity contribution in [2.24, 2.45) is 0 Å². The summed E-state index contributed by atoms with van der Waals surface area (Å²) in [6.07, 6.45) is 0. The lowest BCUT2D eigenvalue weighted by atomic mass is 9.93. The van der Waals surface area contributed by atoms with Crippen LogP contribution in [0.4, 0.5) is 0 Å². The van der Waals surface area contributed by atoms with Crippen LogP contribution in [-0.2, 0) is 0 Å². The predicted molar refractivity (Wildman–Crippen MR) is 240 cm³/mol. The SMILES string of the molecule is c1ccc(-c2cc(-c3cc(-c4cccc(-c5ccc6c(c5)sc5ccccc56)c4)nc(-c4ccccc4)n3)cc(-c3cccc4c3sc3ccccc34)c2)cc1. The molecule has 0 aliphatic heterocycles. The minimum atomic E-state index is 0.702. The van der Waals surface area contributed by atoms with E-state index < -0.39 is 0 Å². The van der Waals surface area contributed by atoms with Crippen LogP contribution in [0.15, 0.2) is 194 Å². The van der Waals surface area contributed by atoms with E-state index in [1.54, 1.807) is 0 Å². The van der Waals surface area contributed by atoms with Crippen LogP contribution in [-0.4, -0.2) is 9.97 Å². The van der Waals surface area contributed by atoms with Crippen molar-refractivity contribution < 1.29 is 0 Å². The van der Waals surface area contributed by atoms with Crippen LogP contribution in [0.5, 0.6) is 0 Å². The Morgan fingerprint density at radius 1 is 0.286 bits per heavy atom. The second kappa shape index (κ2) is 13.5. The zero-order valence-corrected chi connectivity index (χ0v) is 31.8. The van der Waals surface area contributed by atoms with E-state index in [1.807, 2.05) is 28.7 Å². The zero-order chi connectivity index (χ0) is 37.0. The topological polar surface area (TPSA) is 25.8 Å². The molecule has 0 saturated carbocycles. The van der Waals surface area contributed by atoms with E-state index in [9.17, 15) is 0 Å². The van der Waals surface area contributed by atoms with E-state index in [-0.39, 0.29) is 0 Å². The molecule has 0 atom stereocenters. The Bertz CT molecular complexity index is 3250. The predicted octanol–water partition coefficient (Wildman–Crippen LogP) is 15.2. The molecule has 0 amide bonds. The van der Waals surface area contributed by atoms with Gasteiger partial charge in [-0.3, -0.25) is 0 Å². The van der Waals surface area contributed by atoms with Gasteiger partial charge < -0.3 is 0 Å². The summed E-state index contributed by atoms with van der Waals surface area (Å²) in [6.45, 7) is 0. The van der Waals surface area contributed by atoms with E-state index in [4.69, 9.17) is 9.97 Å². The molecular weight excluding hydrogens is 717 g/mol. The average Bonchev–Trinajstić information content (AvgIpc) is 3.85. The number of thiophene rings is 2. The first kappa shape index (κ1) is 32.7. The number of nitrogens with zero attached hydrogens (tertiary/aromatic N) is 2. The normalized spacial score (nSPS) is 11.6. The first-order valence-corrected chi connectivity index (χ1v) is 20.4. The van der Waals surface area contributed by atoms with Crippen LogP contribution >= 0.6 is 22.7 Å². The van der Waals surface area contributed by atoms with Gasteiger partial charge in [0, 0.05) is 57.0 Å². The highest BCUT2D eigenvalue weighted by Crippen LogP contribution is 2.43. The number of benzene rings is 8. The van der Waals surface area contributed by atoms with Crippen LogP contribution in [0.1, 0.15) is 0 Å². The Balaban J connectivity index is 1.09. The summed E-state index contributed by atoms with van der Waals surface area (Å²) in [4.78, 5) is 10.5. The maximum atomic E-state index is 5.29. The fraction of sp³-hybridized carbons (Fsp3) is 0. The van der Waals surface area contributed by atoms with Crippen molar-refractivity contribution in [3.05, 3.63) is 194 Å². The summed E-state index contributed by atoms with van der Waals surface area (Å²) < 4.78 is 5.21. The van der Waals surface area contributed by atoms with Crippen LogP contribution in [0, 0.1) is 0 Å². The number of fused-ring (bicyclic) bond motifs is 6. The van der Waals surface area contributed by atoms with Gasteiger partial charge in [0.25, 0.3) is 0 Å². The number of hydrogen-bond acceptors (Lipinski definition) is 4. The van der Waals surface area contributed by atoms with Crippen LogP contribution in [0.2, 0.25) is 0 Å². The van der Waals surface area contributed by atoms with Gasteiger partial charge in [0.15, 0.2) is 5.82 Å². The van der Waals surface area contributed by atoms with E-state index in [1.165, 1.54) is 62.6 Å². The molecule has 0 fully saturated rings. The fourth-order valence-corrected chi connectivity index (χ4v) is 10.3. The van der Waals surface area contributed by atoms with E-state index in [2.05, 4.69) is 188 Å². The molecule has 11 rings (SSSR count). The van der Waals surface area contributed by atoms with Gasteiger partial charge in [-0.1, -0.05) is 146 Å². The van der Waals surface area contributed by atoms with Crippen molar-refractivity contribution >= 4 is 63.0 Å². The van der Waals surface area contributed by atoms with E-state index >= 15 is 0 Å². The number of rotatable bonds is 6. The lowest BCUT2D eigenvalue weighted by Crippen LogP contribution is -1.97. The van der Waals surface area contributed by atoms with Crippen LogP contribution in [0.3, 0.4) is 0 Å². The maximum absolute atomic E-state index is 5.29. The largest absolute Gasteiger partial charge is 0.228 e. The molecule has 2 nitrogen and oxygen atoms in total. The highest BCUT2D eigenvalue weighted by atomic mass is 32.1. The average molecular weight is 749 g/mol. The second-order valence-corrected chi connectivity index (χ2v) is 16.3.